The number of aromatic nitrogens is 1. The number of sulfonamides is 1. The van der Waals surface area contributed by atoms with Gasteiger partial charge in [-0.25, -0.2) is 18.5 Å². The quantitative estimate of drug-likeness (QED) is 0.917. The van der Waals surface area contributed by atoms with Gasteiger partial charge < -0.3 is 9.64 Å². The maximum atomic E-state index is 11.4. The van der Waals surface area contributed by atoms with Crippen molar-refractivity contribution in [2.45, 2.75) is 16.7 Å². The highest BCUT2D eigenvalue weighted by Gasteiger charge is 2.35. The molecule has 1 aliphatic rings. The van der Waals surface area contributed by atoms with Crippen LogP contribution in [-0.2, 0) is 20.4 Å². The molecule has 1 fully saturated rings. The molecule has 1 aliphatic heterocycles. The van der Waals surface area contributed by atoms with Crippen LogP contribution in [0, 0.1) is 0 Å². The molecule has 22 heavy (non-hydrogen) atoms. The Labute approximate surface area is 133 Å². The SMILES string of the molecule is CC1(c2ccccc2)CN(c2ncc(S(N)(=O)=O)s2)CCO1. The first kappa shape index (κ1) is 15.4. The molecule has 1 aromatic heterocycles. The van der Waals surface area contributed by atoms with Gasteiger partial charge in [0.1, 0.15) is 5.60 Å². The first-order valence-corrected chi connectivity index (χ1v) is 9.18. The Bertz CT molecular complexity index is 761. The predicted molar refractivity (Wildman–Crippen MR) is 85.4 cm³/mol. The number of hydrogen-bond acceptors (Lipinski definition) is 6. The van der Waals surface area contributed by atoms with E-state index >= 15 is 0 Å². The van der Waals surface area contributed by atoms with Crippen LogP contribution < -0.4 is 10.0 Å². The predicted octanol–water partition coefficient (Wildman–Crippen LogP) is 1.54. The lowest BCUT2D eigenvalue weighted by molar-refractivity contribution is -0.0465. The van der Waals surface area contributed by atoms with Crippen molar-refractivity contribution >= 4 is 26.5 Å². The van der Waals surface area contributed by atoms with Crippen molar-refractivity contribution in [3.63, 3.8) is 0 Å². The van der Waals surface area contributed by atoms with Crippen molar-refractivity contribution in [3.8, 4) is 0 Å². The zero-order chi connectivity index (χ0) is 15.8. The number of rotatable bonds is 3. The molecular formula is C14H17N3O3S2. The van der Waals surface area contributed by atoms with Gasteiger partial charge in [-0.05, 0) is 12.5 Å². The molecule has 0 radical (unpaired) electrons. The van der Waals surface area contributed by atoms with Gasteiger partial charge in [-0.1, -0.05) is 41.7 Å². The van der Waals surface area contributed by atoms with Crippen LogP contribution in [0.5, 0.6) is 0 Å². The first-order valence-electron chi connectivity index (χ1n) is 6.81. The van der Waals surface area contributed by atoms with Gasteiger partial charge in [0, 0.05) is 6.54 Å². The van der Waals surface area contributed by atoms with Crippen LogP contribution in [0.15, 0.2) is 40.7 Å². The van der Waals surface area contributed by atoms with Gasteiger partial charge >= 0.3 is 0 Å². The van der Waals surface area contributed by atoms with E-state index < -0.39 is 15.6 Å². The van der Waals surface area contributed by atoms with Crippen molar-refractivity contribution in [3.05, 3.63) is 42.1 Å². The third kappa shape index (κ3) is 3.00. The number of nitrogens with zero attached hydrogens (tertiary/aromatic N) is 2. The third-order valence-electron chi connectivity index (χ3n) is 3.68. The van der Waals surface area contributed by atoms with Gasteiger partial charge in [0.2, 0.25) is 10.0 Å². The average Bonchev–Trinajstić information content (AvgIpc) is 2.98. The Kier molecular flexibility index (Phi) is 3.94. The van der Waals surface area contributed by atoms with E-state index in [9.17, 15) is 8.42 Å². The summed E-state index contributed by atoms with van der Waals surface area (Å²) in [5, 5.41) is 5.79. The fourth-order valence-electron chi connectivity index (χ4n) is 2.53. The van der Waals surface area contributed by atoms with Gasteiger partial charge in [-0.3, -0.25) is 0 Å². The molecule has 2 N–H and O–H groups in total. The number of anilines is 1. The van der Waals surface area contributed by atoms with Crippen LogP contribution in [0.3, 0.4) is 0 Å². The highest BCUT2D eigenvalue weighted by molar-refractivity contribution is 7.91. The molecule has 2 heterocycles. The molecule has 2 aromatic rings. The van der Waals surface area contributed by atoms with E-state index in [1.54, 1.807) is 0 Å². The number of thiazole rings is 1. The lowest BCUT2D eigenvalue weighted by Gasteiger charge is -2.40. The maximum Gasteiger partial charge on any atom is 0.249 e. The number of morpholine rings is 1. The van der Waals surface area contributed by atoms with Crippen molar-refractivity contribution in [1.29, 1.82) is 0 Å². The average molecular weight is 339 g/mol. The molecule has 8 heteroatoms. The second kappa shape index (κ2) is 5.62. The highest BCUT2D eigenvalue weighted by Crippen LogP contribution is 2.33. The van der Waals surface area contributed by atoms with Gasteiger partial charge in [0.05, 0.1) is 19.3 Å². The fourth-order valence-corrected chi connectivity index (χ4v) is 4.09. The lowest BCUT2D eigenvalue weighted by atomic mass is 9.94. The van der Waals surface area contributed by atoms with E-state index in [-0.39, 0.29) is 4.21 Å². The topological polar surface area (TPSA) is 85.5 Å². The van der Waals surface area contributed by atoms with Crippen molar-refractivity contribution in [2.75, 3.05) is 24.6 Å². The van der Waals surface area contributed by atoms with E-state index in [4.69, 9.17) is 9.88 Å². The van der Waals surface area contributed by atoms with Crippen molar-refractivity contribution < 1.29 is 13.2 Å². The second-order valence-corrected chi connectivity index (χ2v) is 8.17. The minimum Gasteiger partial charge on any atom is -0.367 e. The summed E-state index contributed by atoms with van der Waals surface area (Å²) < 4.78 is 28.8. The van der Waals surface area contributed by atoms with Gasteiger partial charge in [-0.15, -0.1) is 0 Å². The molecule has 3 rings (SSSR count). The minimum atomic E-state index is -3.70. The Morgan fingerprint density at radius 3 is 2.73 bits per heavy atom. The van der Waals surface area contributed by atoms with E-state index in [1.807, 2.05) is 42.2 Å². The molecule has 0 bridgehead atoms. The second-order valence-electron chi connectivity index (χ2n) is 5.37. The van der Waals surface area contributed by atoms with E-state index in [0.29, 0.717) is 24.8 Å². The smallest absolute Gasteiger partial charge is 0.249 e. The molecule has 1 atom stereocenters. The van der Waals surface area contributed by atoms with Crippen LogP contribution in [0.2, 0.25) is 0 Å². The van der Waals surface area contributed by atoms with Crippen LogP contribution in [0.25, 0.3) is 0 Å². The largest absolute Gasteiger partial charge is 0.367 e. The molecule has 6 nitrogen and oxygen atoms in total. The minimum absolute atomic E-state index is 0.0791. The number of primary sulfonamides is 1. The van der Waals surface area contributed by atoms with Gasteiger partial charge in [0.15, 0.2) is 9.34 Å². The zero-order valence-electron chi connectivity index (χ0n) is 12.1. The molecule has 1 unspecified atom stereocenters. The molecule has 0 saturated carbocycles. The molecule has 118 valence electrons. The van der Waals surface area contributed by atoms with Crippen molar-refractivity contribution in [1.82, 2.24) is 4.98 Å². The number of benzene rings is 1. The zero-order valence-corrected chi connectivity index (χ0v) is 13.7. The van der Waals surface area contributed by atoms with Crippen LogP contribution in [0.4, 0.5) is 5.13 Å². The highest BCUT2D eigenvalue weighted by atomic mass is 32.2. The van der Waals surface area contributed by atoms with Crippen LogP contribution in [-0.4, -0.2) is 33.1 Å². The summed E-state index contributed by atoms with van der Waals surface area (Å²) in [4.78, 5) is 6.23. The van der Waals surface area contributed by atoms with Crippen LogP contribution >= 0.6 is 11.3 Å². The Hall–Kier alpha value is -1.48. The Morgan fingerprint density at radius 2 is 2.09 bits per heavy atom. The summed E-state index contributed by atoms with van der Waals surface area (Å²) in [6.45, 7) is 3.85. The van der Waals surface area contributed by atoms with Gasteiger partial charge in [-0.2, -0.15) is 0 Å². The molecule has 1 aromatic carbocycles. The molecule has 0 amide bonds. The van der Waals surface area contributed by atoms with Gasteiger partial charge in [0.25, 0.3) is 0 Å². The lowest BCUT2D eigenvalue weighted by Crippen LogP contribution is -2.48. The molecule has 0 aliphatic carbocycles. The van der Waals surface area contributed by atoms with E-state index in [1.165, 1.54) is 6.20 Å². The third-order valence-corrected chi connectivity index (χ3v) is 6.15. The number of ether oxygens (including phenoxy) is 1. The molecule has 0 spiro atoms. The summed E-state index contributed by atoms with van der Waals surface area (Å²) in [6, 6.07) is 9.98. The summed E-state index contributed by atoms with van der Waals surface area (Å²) >= 11 is 1.09. The maximum absolute atomic E-state index is 11.4. The van der Waals surface area contributed by atoms with Crippen molar-refractivity contribution in [2.24, 2.45) is 5.14 Å². The van der Waals surface area contributed by atoms with Crippen LogP contribution in [0.1, 0.15) is 12.5 Å². The van der Waals surface area contributed by atoms with E-state index in [2.05, 4.69) is 4.98 Å². The molecule has 1 saturated heterocycles. The molecular weight excluding hydrogens is 322 g/mol. The summed E-state index contributed by atoms with van der Waals surface area (Å²) in [7, 11) is -3.70. The first-order chi connectivity index (χ1) is 10.4. The summed E-state index contributed by atoms with van der Waals surface area (Å²) in [6.07, 6.45) is 1.31. The van der Waals surface area contributed by atoms with E-state index in [0.717, 1.165) is 16.9 Å². The Balaban J connectivity index is 1.86. The number of hydrogen-bond donors (Lipinski definition) is 1. The number of nitrogens with two attached hydrogens (primary N) is 1. The standard InChI is InChI=1S/C14H17N3O3S2/c1-14(11-5-3-2-4-6-11)10-17(7-8-20-14)13-16-9-12(21-13)22(15,18)19/h2-6,9H,7-8,10H2,1H3,(H2,15,18,19). The summed E-state index contributed by atoms with van der Waals surface area (Å²) in [5.74, 6) is 0. The fraction of sp³-hybridized carbons (Fsp3) is 0.357. The monoisotopic (exact) mass is 339 g/mol. The summed E-state index contributed by atoms with van der Waals surface area (Å²) in [5.41, 5.74) is 0.635. The Morgan fingerprint density at radius 1 is 1.36 bits per heavy atom. The normalized spacial score (nSPS) is 22.7.